The summed E-state index contributed by atoms with van der Waals surface area (Å²) in [5.74, 6) is 1.80. The third-order valence-corrected chi connectivity index (χ3v) is 4.48. The van der Waals surface area contributed by atoms with Crippen LogP contribution in [0, 0.1) is 10.1 Å². The van der Waals surface area contributed by atoms with Gasteiger partial charge in [-0.05, 0) is 23.8 Å². The number of nitro groups is 1. The zero-order valence-corrected chi connectivity index (χ0v) is 15.7. The highest BCUT2D eigenvalue weighted by atomic mass is 32.2. The predicted molar refractivity (Wildman–Crippen MR) is 105 cm³/mol. The molecule has 27 heavy (non-hydrogen) atoms. The van der Waals surface area contributed by atoms with Crippen molar-refractivity contribution in [3.8, 4) is 11.5 Å². The fourth-order valence-electron chi connectivity index (χ4n) is 2.12. The van der Waals surface area contributed by atoms with E-state index in [0.29, 0.717) is 22.8 Å². The molecule has 0 heterocycles. The summed E-state index contributed by atoms with van der Waals surface area (Å²) in [6.07, 6.45) is 1.49. The monoisotopic (exact) mass is 389 g/mol. The van der Waals surface area contributed by atoms with Crippen LogP contribution < -0.4 is 14.9 Å². The molecular formula is C18H19N3O5S. The molecule has 8 nitrogen and oxygen atoms in total. The Kier molecular flexibility index (Phi) is 7.63. The summed E-state index contributed by atoms with van der Waals surface area (Å²) in [6, 6.07) is 11.5. The van der Waals surface area contributed by atoms with Crippen molar-refractivity contribution in [3.05, 3.63) is 63.7 Å². The van der Waals surface area contributed by atoms with Crippen LogP contribution in [0.5, 0.6) is 11.5 Å². The number of methoxy groups -OCH3 is 2. The number of ether oxygens (including phenoxy) is 2. The van der Waals surface area contributed by atoms with E-state index in [9.17, 15) is 14.9 Å². The molecule has 0 saturated heterocycles. The van der Waals surface area contributed by atoms with Crippen LogP contribution in [0.1, 0.15) is 11.1 Å². The topological polar surface area (TPSA) is 103 Å². The molecule has 1 N–H and O–H groups in total. The van der Waals surface area contributed by atoms with Crippen LogP contribution in [0.15, 0.2) is 47.6 Å². The molecule has 0 aliphatic heterocycles. The van der Waals surface area contributed by atoms with Gasteiger partial charge in [-0.1, -0.05) is 12.1 Å². The second-order valence-electron chi connectivity index (χ2n) is 5.32. The maximum atomic E-state index is 11.9. The van der Waals surface area contributed by atoms with E-state index in [1.54, 1.807) is 44.6 Å². The second-order valence-corrected chi connectivity index (χ2v) is 6.30. The van der Waals surface area contributed by atoms with Crippen molar-refractivity contribution in [1.82, 2.24) is 5.43 Å². The first-order valence-electron chi connectivity index (χ1n) is 7.88. The molecule has 0 radical (unpaired) electrons. The SMILES string of the molecule is COc1ccc(OC)c(/C=N/NC(=O)CSCc2ccc([N+](=O)[O-])cc2)c1. The number of nitro benzene ring substituents is 1. The molecular weight excluding hydrogens is 370 g/mol. The highest BCUT2D eigenvalue weighted by Crippen LogP contribution is 2.22. The normalized spacial score (nSPS) is 10.6. The fraction of sp³-hybridized carbons (Fsp3) is 0.222. The lowest BCUT2D eigenvalue weighted by Crippen LogP contribution is -2.19. The molecule has 1 amide bonds. The first kappa shape index (κ1) is 20.2. The van der Waals surface area contributed by atoms with Crippen molar-refractivity contribution in [2.75, 3.05) is 20.0 Å². The van der Waals surface area contributed by atoms with E-state index in [4.69, 9.17) is 9.47 Å². The Labute approximate surface area is 160 Å². The first-order valence-corrected chi connectivity index (χ1v) is 9.04. The summed E-state index contributed by atoms with van der Waals surface area (Å²) in [5.41, 5.74) is 4.08. The van der Waals surface area contributed by atoms with Gasteiger partial charge >= 0.3 is 0 Å². The lowest BCUT2D eigenvalue weighted by atomic mass is 10.2. The Morgan fingerprint density at radius 3 is 2.59 bits per heavy atom. The molecule has 0 unspecified atom stereocenters. The average Bonchev–Trinajstić information content (AvgIpc) is 2.68. The summed E-state index contributed by atoms with van der Waals surface area (Å²) in [5, 5.41) is 14.5. The summed E-state index contributed by atoms with van der Waals surface area (Å²) < 4.78 is 10.4. The van der Waals surface area contributed by atoms with Gasteiger partial charge in [0.15, 0.2) is 0 Å². The van der Waals surface area contributed by atoms with E-state index in [0.717, 1.165) is 5.56 Å². The first-order chi connectivity index (χ1) is 13.0. The van der Waals surface area contributed by atoms with E-state index in [1.807, 2.05) is 0 Å². The van der Waals surface area contributed by atoms with Gasteiger partial charge in [0.05, 0.1) is 31.1 Å². The standard InChI is InChI=1S/C18H19N3O5S/c1-25-16-7-8-17(26-2)14(9-16)10-19-20-18(22)12-27-11-13-3-5-15(6-4-13)21(23)24/h3-10H,11-12H2,1-2H3,(H,20,22)/b19-10+. The lowest BCUT2D eigenvalue weighted by Gasteiger charge is -2.06. The van der Waals surface area contributed by atoms with Crippen LogP contribution in [0.2, 0.25) is 0 Å². The van der Waals surface area contributed by atoms with Gasteiger partial charge in [0.25, 0.3) is 5.69 Å². The number of hydrazone groups is 1. The van der Waals surface area contributed by atoms with Crippen LogP contribution in [0.4, 0.5) is 5.69 Å². The molecule has 0 fully saturated rings. The quantitative estimate of drug-likeness (QED) is 0.402. The summed E-state index contributed by atoms with van der Waals surface area (Å²) >= 11 is 1.39. The van der Waals surface area contributed by atoms with Gasteiger partial charge in [-0.2, -0.15) is 5.10 Å². The van der Waals surface area contributed by atoms with Gasteiger partial charge in [-0.25, -0.2) is 5.43 Å². The molecule has 9 heteroatoms. The van der Waals surface area contributed by atoms with Gasteiger partial charge in [0.2, 0.25) is 5.91 Å². The van der Waals surface area contributed by atoms with Crippen molar-refractivity contribution < 1.29 is 19.2 Å². The van der Waals surface area contributed by atoms with Gasteiger partial charge in [-0.3, -0.25) is 14.9 Å². The van der Waals surface area contributed by atoms with Crippen LogP contribution in [-0.2, 0) is 10.5 Å². The Balaban J connectivity index is 1.80. The molecule has 2 aromatic carbocycles. The number of nitrogens with zero attached hydrogens (tertiary/aromatic N) is 2. The summed E-state index contributed by atoms with van der Waals surface area (Å²) in [7, 11) is 3.11. The Hall–Kier alpha value is -3.07. The lowest BCUT2D eigenvalue weighted by molar-refractivity contribution is -0.384. The third kappa shape index (κ3) is 6.30. The highest BCUT2D eigenvalue weighted by molar-refractivity contribution is 7.99. The van der Waals surface area contributed by atoms with E-state index < -0.39 is 4.92 Å². The van der Waals surface area contributed by atoms with Gasteiger partial charge in [-0.15, -0.1) is 11.8 Å². The Bertz CT molecular complexity index is 824. The highest BCUT2D eigenvalue weighted by Gasteiger charge is 2.06. The molecule has 0 aliphatic rings. The Morgan fingerprint density at radius 1 is 1.22 bits per heavy atom. The number of carbonyl (C=O) groups excluding carboxylic acids is 1. The molecule has 0 saturated carbocycles. The zero-order valence-electron chi connectivity index (χ0n) is 14.9. The van der Waals surface area contributed by atoms with Crippen LogP contribution in [0.3, 0.4) is 0 Å². The minimum atomic E-state index is -0.445. The summed E-state index contributed by atoms with van der Waals surface area (Å²) in [6.45, 7) is 0. The minimum absolute atomic E-state index is 0.0452. The molecule has 2 rings (SSSR count). The minimum Gasteiger partial charge on any atom is -0.497 e. The molecule has 0 aliphatic carbocycles. The van der Waals surface area contributed by atoms with Crippen molar-refractivity contribution in [2.24, 2.45) is 5.10 Å². The number of rotatable bonds is 9. The van der Waals surface area contributed by atoms with Crippen molar-refractivity contribution in [2.45, 2.75) is 5.75 Å². The third-order valence-electron chi connectivity index (χ3n) is 3.48. The maximum absolute atomic E-state index is 11.9. The average molecular weight is 389 g/mol. The number of hydrogen-bond donors (Lipinski definition) is 1. The van der Waals surface area contributed by atoms with E-state index in [-0.39, 0.29) is 17.3 Å². The van der Waals surface area contributed by atoms with Crippen LogP contribution in [-0.4, -0.2) is 37.0 Å². The second kappa shape index (κ2) is 10.2. The maximum Gasteiger partial charge on any atom is 0.269 e. The molecule has 0 aromatic heterocycles. The molecule has 0 bridgehead atoms. The summed E-state index contributed by atoms with van der Waals surface area (Å²) in [4.78, 5) is 22.0. The van der Waals surface area contributed by atoms with Gasteiger partial charge < -0.3 is 9.47 Å². The molecule has 0 spiro atoms. The number of nitrogens with one attached hydrogen (secondary N) is 1. The van der Waals surface area contributed by atoms with E-state index in [1.165, 1.54) is 30.1 Å². The van der Waals surface area contributed by atoms with Gasteiger partial charge in [0.1, 0.15) is 11.5 Å². The number of carbonyl (C=O) groups is 1. The number of hydrogen-bond acceptors (Lipinski definition) is 7. The molecule has 142 valence electrons. The van der Waals surface area contributed by atoms with Crippen molar-refractivity contribution in [1.29, 1.82) is 0 Å². The van der Waals surface area contributed by atoms with Gasteiger partial charge in [0, 0.05) is 23.4 Å². The van der Waals surface area contributed by atoms with Crippen LogP contribution in [0.25, 0.3) is 0 Å². The number of non-ortho nitro benzene ring substituents is 1. The molecule has 2 aromatic rings. The number of amides is 1. The van der Waals surface area contributed by atoms with Crippen molar-refractivity contribution in [3.63, 3.8) is 0 Å². The zero-order chi connectivity index (χ0) is 19.6. The van der Waals surface area contributed by atoms with E-state index in [2.05, 4.69) is 10.5 Å². The van der Waals surface area contributed by atoms with Crippen LogP contribution >= 0.6 is 11.8 Å². The largest absolute Gasteiger partial charge is 0.497 e. The fourth-order valence-corrected chi connectivity index (χ4v) is 2.90. The van der Waals surface area contributed by atoms with Crippen molar-refractivity contribution >= 4 is 29.6 Å². The predicted octanol–water partition coefficient (Wildman–Crippen LogP) is 3.00. The number of benzene rings is 2. The number of thioether (sulfide) groups is 1. The molecule has 0 atom stereocenters. The van der Waals surface area contributed by atoms with E-state index >= 15 is 0 Å². The Morgan fingerprint density at radius 2 is 1.96 bits per heavy atom. The smallest absolute Gasteiger partial charge is 0.269 e.